The fourth-order valence-corrected chi connectivity index (χ4v) is 7.06. The molecule has 0 saturated carbocycles. The topological polar surface area (TPSA) is 0 Å². The molecule has 2 rings (SSSR count). The molecule has 0 radical (unpaired) electrons. The van der Waals surface area contributed by atoms with Gasteiger partial charge in [-0.3, -0.25) is 0 Å². The third-order valence-corrected chi connectivity index (χ3v) is 10.3. The van der Waals surface area contributed by atoms with Crippen molar-refractivity contribution in [2.45, 2.75) is 69.2 Å². The van der Waals surface area contributed by atoms with Gasteiger partial charge >= 0.3 is 21.2 Å². The maximum absolute atomic E-state index is 2.32. The number of halogens is 1. The van der Waals surface area contributed by atoms with Gasteiger partial charge in [-0.1, -0.05) is 0 Å². The Kier molecular flexibility index (Phi) is 5.30. The zero-order valence-corrected chi connectivity index (χ0v) is 18.5. The Morgan fingerprint density at radius 1 is 0.304 bits per heavy atom. The minimum Gasteiger partial charge on any atom is -0.0444 e. The van der Waals surface area contributed by atoms with Crippen LogP contribution in [0.1, 0.15) is 55.6 Å². The first-order valence-corrected chi connectivity index (χ1v) is 10.5. The summed E-state index contributed by atoms with van der Waals surface area (Å²) < 4.78 is 3.27. The summed E-state index contributed by atoms with van der Waals surface area (Å²) in [5.41, 5.74) is 15.0. The molecule has 0 aliphatic heterocycles. The molecular formula is C22H30I+. The Morgan fingerprint density at radius 2 is 0.478 bits per heavy atom. The molecule has 1 heteroatoms. The molecular weight excluding hydrogens is 391 g/mol. The Hall–Kier alpha value is -0.830. The summed E-state index contributed by atoms with van der Waals surface area (Å²) in [5.74, 6) is 0. The Bertz CT molecular complexity index is 669. The van der Waals surface area contributed by atoms with Crippen molar-refractivity contribution in [3.8, 4) is 0 Å². The van der Waals surface area contributed by atoms with Crippen molar-refractivity contribution in [3.05, 3.63) is 62.8 Å². The molecule has 0 heterocycles. The van der Waals surface area contributed by atoms with E-state index in [0.717, 1.165) is 0 Å². The van der Waals surface area contributed by atoms with Crippen LogP contribution in [0.25, 0.3) is 0 Å². The lowest BCUT2D eigenvalue weighted by Gasteiger charge is -2.15. The van der Waals surface area contributed by atoms with Crippen LogP contribution >= 0.6 is 0 Å². The average molecular weight is 421 g/mol. The molecule has 0 nitrogen and oxygen atoms in total. The van der Waals surface area contributed by atoms with E-state index in [0.29, 0.717) is 0 Å². The van der Waals surface area contributed by atoms with E-state index >= 15 is 0 Å². The molecule has 0 aliphatic rings. The van der Waals surface area contributed by atoms with E-state index in [1.54, 1.807) is 7.14 Å². The van der Waals surface area contributed by atoms with Crippen molar-refractivity contribution >= 4 is 0 Å². The Labute approximate surface area is 153 Å². The third-order valence-electron chi connectivity index (χ3n) is 6.01. The van der Waals surface area contributed by atoms with Crippen LogP contribution in [0.2, 0.25) is 0 Å². The quantitative estimate of drug-likeness (QED) is 0.655. The first-order valence-electron chi connectivity index (χ1n) is 8.38. The van der Waals surface area contributed by atoms with Crippen molar-refractivity contribution in [1.82, 2.24) is 0 Å². The first-order chi connectivity index (χ1) is 10.6. The molecule has 0 spiro atoms. The zero-order valence-electron chi connectivity index (χ0n) is 16.4. The van der Waals surface area contributed by atoms with Crippen molar-refractivity contribution in [1.29, 1.82) is 0 Å². The van der Waals surface area contributed by atoms with Gasteiger partial charge in [-0.05, 0) is 103 Å². The van der Waals surface area contributed by atoms with Crippen LogP contribution < -0.4 is 21.2 Å². The fraction of sp³-hybridized carbons (Fsp3) is 0.455. The van der Waals surface area contributed by atoms with Gasteiger partial charge in [0.15, 0.2) is 0 Å². The van der Waals surface area contributed by atoms with Crippen LogP contribution in [0, 0.1) is 76.4 Å². The smallest absolute Gasteiger partial charge is 0.0444 e. The summed E-state index contributed by atoms with van der Waals surface area (Å²) in [6, 6.07) is 0. The van der Waals surface area contributed by atoms with E-state index in [-0.39, 0.29) is 21.2 Å². The van der Waals surface area contributed by atoms with Gasteiger partial charge in [-0.15, -0.1) is 0 Å². The van der Waals surface area contributed by atoms with E-state index in [4.69, 9.17) is 0 Å². The summed E-state index contributed by atoms with van der Waals surface area (Å²) >= 11 is -0.151. The second kappa shape index (κ2) is 6.58. The van der Waals surface area contributed by atoms with Gasteiger partial charge in [0.05, 0.1) is 0 Å². The van der Waals surface area contributed by atoms with E-state index in [2.05, 4.69) is 69.2 Å². The van der Waals surface area contributed by atoms with Crippen LogP contribution in [0.3, 0.4) is 0 Å². The second-order valence-corrected chi connectivity index (χ2v) is 9.67. The molecule has 2 aromatic carbocycles. The highest BCUT2D eigenvalue weighted by atomic mass is 127. The summed E-state index contributed by atoms with van der Waals surface area (Å²) in [7, 11) is 0. The molecule has 124 valence electrons. The normalized spacial score (nSPS) is 11.2. The van der Waals surface area contributed by atoms with Gasteiger partial charge in [0, 0.05) is 22.3 Å². The van der Waals surface area contributed by atoms with Gasteiger partial charge in [0.1, 0.15) is 0 Å². The fourth-order valence-electron chi connectivity index (χ4n) is 3.29. The maximum atomic E-state index is 2.32. The zero-order chi connectivity index (χ0) is 17.6. The molecule has 0 bridgehead atoms. The second-order valence-electron chi connectivity index (χ2n) is 6.97. The Morgan fingerprint density at radius 3 is 0.696 bits per heavy atom. The summed E-state index contributed by atoms with van der Waals surface area (Å²) in [4.78, 5) is 0. The first kappa shape index (κ1) is 18.5. The molecule has 23 heavy (non-hydrogen) atoms. The summed E-state index contributed by atoms with van der Waals surface area (Å²) in [5, 5.41) is 0. The maximum Gasteiger partial charge on any atom is 0.359 e. The molecule has 0 aliphatic carbocycles. The minimum atomic E-state index is -0.151. The van der Waals surface area contributed by atoms with Crippen LogP contribution in [-0.4, -0.2) is 0 Å². The van der Waals surface area contributed by atoms with E-state index in [1.165, 1.54) is 55.6 Å². The number of hydrogen-bond donors (Lipinski definition) is 0. The van der Waals surface area contributed by atoms with E-state index in [9.17, 15) is 0 Å². The molecule has 0 amide bonds. The standard InChI is InChI=1S/C22H30I/c1-11-13(3)17(7)21(18(8)14(11)4)23-22-19(9)15(5)12(2)16(6)20(22)10/h1-10H3/q+1. The largest absolute Gasteiger partial charge is 0.359 e. The molecule has 0 N–H and O–H groups in total. The van der Waals surface area contributed by atoms with E-state index in [1.807, 2.05) is 0 Å². The Balaban J connectivity index is 2.71. The van der Waals surface area contributed by atoms with Crippen LogP contribution in [0.5, 0.6) is 0 Å². The number of hydrogen-bond acceptors (Lipinski definition) is 0. The van der Waals surface area contributed by atoms with Crippen molar-refractivity contribution < 1.29 is 21.2 Å². The van der Waals surface area contributed by atoms with Gasteiger partial charge in [-0.2, -0.15) is 0 Å². The molecule has 0 fully saturated rings. The van der Waals surface area contributed by atoms with Crippen molar-refractivity contribution in [3.63, 3.8) is 0 Å². The van der Waals surface area contributed by atoms with Crippen LogP contribution in [0.15, 0.2) is 0 Å². The minimum absolute atomic E-state index is 0.151. The van der Waals surface area contributed by atoms with Gasteiger partial charge in [-0.25, -0.2) is 0 Å². The predicted octanol–water partition coefficient (Wildman–Crippen LogP) is 2.90. The third kappa shape index (κ3) is 2.97. The van der Waals surface area contributed by atoms with Crippen LogP contribution in [0.4, 0.5) is 0 Å². The monoisotopic (exact) mass is 421 g/mol. The molecule has 0 unspecified atom stereocenters. The molecule has 0 aromatic heterocycles. The van der Waals surface area contributed by atoms with Gasteiger partial charge < -0.3 is 0 Å². The highest BCUT2D eigenvalue weighted by Gasteiger charge is 2.29. The summed E-state index contributed by atoms with van der Waals surface area (Å²) in [6.45, 7) is 23.0. The lowest BCUT2D eigenvalue weighted by Crippen LogP contribution is -3.62. The SMILES string of the molecule is Cc1c(C)c(C)c([I+]c2c(C)c(C)c(C)c(C)c2C)c(C)c1C. The van der Waals surface area contributed by atoms with Crippen molar-refractivity contribution in [2.24, 2.45) is 0 Å². The lowest BCUT2D eigenvalue weighted by molar-refractivity contribution is -0.600. The van der Waals surface area contributed by atoms with Gasteiger partial charge in [0.25, 0.3) is 0 Å². The summed E-state index contributed by atoms with van der Waals surface area (Å²) in [6.07, 6.45) is 0. The molecule has 2 aromatic rings. The van der Waals surface area contributed by atoms with Crippen molar-refractivity contribution in [2.75, 3.05) is 0 Å². The molecule has 0 atom stereocenters. The number of rotatable bonds is 2. The van der Waals surface area contributed by atoms with Gasteiger partial charge in [0.2, 0.25) is 7.14 Å². The highest BCUT2D eigenvalue weighted by Crippen LogP contribution is 2.22. The predicted molar refractivity (Wildman–Crippen MR) is 97.6 cm³/mol. The van der Waals surface area contributed by atoms with Crippen LogP contribution in [-0.2, 0) is 0 Å². The molecule has 0 saturated heterocycles. The lowest BCUT2D eigenvalue weighted by atomic mass is 9.95. The van der Waals surface area contributed by atoms with E-state index < -0.39 is 0 Å². The number of benzene rings is 2. The highest BCUT2D eigenvalue weighted by molar-refractivity contribution is 5.44. The average Bonchev–Trinajstić information content (AvgIpc) is 2.54.